The van der Waals surface area contributed by atoms with Crippen molar-refractivity contribution < 1.29 is 23.4 Å². The van der Waals surface area contributed by atoms with Crippen molar-refractivity contribution in [3.63, 3.8) is 0 Å². The molecule has 0 saturated carbocycles. The van der Waals surface area contributed by atoms with Gasteiger partial charge in [-0.15, -0.1) is 0 Å². The number of hydrogen-bond acceptors (Lipinski definition) is 3. The summed E-state index contributed by atoms with van der Waals surface area (Å²) in [7, 11) is 0. The molecule has 0 aliphatic rings. The molecule has 0 amide bonds. The van der Waals surface area contributed by atoms with Gasteiger partial charge in [-0.1, -0.05) is 6.07 Å². The van der Waals surface area contributed by atoms with Crippen LogP contribution in [-0.4, -0.2) is 29.4 Å². The van der Waals surface area contributed by atoms with Gasteiger partial charge in [-0.05, 0) is 30.3 Å². The van der Waals surface area contributed by atoms with E-state index in [1.54, 1.807) is 12.3 Å². The van der Waals surface area contributed by atoms with E-state index in [1.807, 2.05) is 18.2 Å². The van der Waals surface area contributed by atoms with Crippen molar-refractivity contribution in [3.8, 4) is 11.5 Å². The van der Waals surface area contributed by atoms with Crippen LogP contribution < -0.4 is 9.47 Å². The highest BCUT2D eigenvalue weighted by atomic mass is 19.1. The summed E-state index contributed by atoms with van der Waals surface area (Å²) < 4.78 is 37.1. The Hall–Kier alpha value is -2.60. The molecule has 0 spiro atoms. The molecule has 1 aromatic heterocycles. The highest BCUT2D eigenvalue weighted by Gasteiger charge is 2.11. The average Bonchev–Trinajstić information content (AvgIpc) is 3.03. The smallest absolute Gasteiger partial charge is 0.165 e. The minimum atomic E-state index is -0.980. The molecule has 1 atom stereocenters. The zero-order valence-corrected chi connectivity index (χ0v) is 12.1. The molecule has 6 heteroatoms. The number of aromatic amines is 1. The third-order valence-corrected chi connectivity index (χ3v) is 3.31. The number of ether oxygens (including phenoxy) is 2. The highest BCUT2D eigenvalue weighted by molar-refractivity contribution is 5.85. The minimum absolute atomic E-state index is 0.0266. The van der Waals surface area contributed by atoms with Crippen molar-refractivity contribution in [1.82, 2.24) is 4.98 Å². The number of nitrogens with one attached hydrogen (secondary N) is 1. The lowest BCUT2D eigenvalue weighted by Crippen LogP contribution is -2.25. The van der Waals surface area contributed by atoms with Gasteiger partial charge in [-0.2, -0.15) is 0 Å². The zero-order chi connectivity index (χ0) is 16.2. The Morgan fingerprint density at radius 2 is 1.78 bits per heavy atom. The summed E-state index contributed by atoms with van der Waals surface area (Å²) in [5.74, 6) is -0.903. The zero-order valence-electron chi connectivity index (χ0n) is 12.1. The molecule has 2 aromatic carbocycles. The van der Waals surface area contributed by atoms with Crippen LogP contribution in [0.25, 0.3) is 10.9 Å². The van der Waals surface area contributed by atoms with Crippen LogP contribution in [0.4, 0.5) is 8.78 Å². The Kier molecular flexibility index (Phi) is 4.43. The molecule has 0 fully saturated rings. The molecule has 0 saturated heterocycles. The number of aliphatic hydroxyl groups is 1. The number of fused-ring (bicyclic) bond motifs is 1. The lowest BCUT2D eigenvalue weighted by Gasteiger charge is -2.14. The van der Waals surface area contributed by atoms with E-state index in [9.17, 15) is 13.9 Å². The second-order valence-corrected chi connectivity index (χ2v) is 5.05. The summed E-state index contributed by atoms with van der Waals surface area (Å²) in [5.41, 5.74) is 0.926. The van der Waals surface area contributed by atoms with Crippen LogP contribution >= 0.6 is 0 Å². The predicted octanol–water partition coefficient (Wildman–Crippen LogP) is 3.26. The van der Waals surface area contributed by atoms with E-state index in [0.717, 1.165) is 29.1 Å². The molecular formula is C17H15F2NO3. The van der Waals surface area contributed by atoms with Gasteiger partial charge in [0.15, 0.2) is 11.6 Å². The molecule has 0 radical (unpaired) electrons. The molecule has 0 aliphatic heterocycles. The van der Waals surface area contributed by atoms with Crippen LogP contribution in [0.15, 0.2) is 48.7 Å². The molecule has 1 heterocycles. The van der Waals surface area contributed by atoms with Gasteiger partial charge in [0.2, 0.25) is 0 Å². The van der Waals surface area contributed by atoms with E-state index in [0.29, 0.717) is 5.75 Å². The quantitative estimate of drug-likeness (QED) is 0.733. The van der Waals surface area contributed by atoms with Gasteiger partial charge in [0.05, 0.1) is 0 Å². The number of benzene rings is 2. The Bertz CT molecular complexity index is 803. The van der Waals surface area contributed by atoms with Crippen LogP contribution in [0.3, 0.4) is 0 Å². The molecule has 3 aromatic rings. The minimum Gasteiger partial charge on any atom is -0.490 e. The van der Waals surface area contributed by atoms with Crippen LogP contribution in [0, 0.1) is 11.6 Å². The molecule has 23 heavy (non-hydrogen) atoms. The van der Waals surface area contributed by atoms with Crippen molar-refractivity contribution in [2.24, 2.45) is 0 Å². The first-order valence-electron chi connectivity index (χ1n) is 7.08. The second-order valence-electron chi connectivity index (χ2n) is 5.05. The van der Waals surface area contributed by atoms with E-state index in [-0.39, 0.29) is 19.0 Å². The van der Waals surface area contributed by atoms with Gasteiger partial charge < -0.3 is 19.6 Å². The van der Waals surface area contributed by atoms with Crippen molar-refractivity contribution in [3.05, 3.63) is 60.3 Å². The molecule has 2 N–H and O–H groups in total. The first-order chi connectivity index (χ1) is 11.1. The van der Waals surface area contributed by atoms with Gasteiger partial charge in [-0.25, -0.2) is 8.78 Å². The summed E-state index contributed by atoms with van der Waals surface area (Å²) in [6.45, 7) is -0.231. The number of hydrogen-bond donors (Lipinski definition) is 2. The maximum atomic E-state index is 13.4. The van der Waals surface area contributed by atoms with Gasteiger partial charge >= 0.3 is 0 Å². The fourth-order valence-electron chi connectivity index (χ4n) is 2.19. The molecule has 1 unspecified atom stereocenters. The lowest BCUT2D eigenvalue weighted by atomic mass is 10.2. The van der Waals surface area contributed by atoms with Crippen LogP contribution in [0.1, 0.15) is 0 Å². The molecular weight excluding hydrogens is 304 g/mol. The normalized spacial score (nSPS) is 12.3. The Morgan fingerprint density at radius 1 is 1.00 bits per heavy atom. The Balaban J connectivity index is 1.56. The number of aromatic nitrogens is 1. The molecule has 0 bridgehead atoms. The fraction of sp³-hybridized carbons (Fsp3) is 0.176. The molecule has 120 valence electrons. The second kappa shape index (κ2) is 6.66. The van der Waals surface area contributed by atoms with Gasteiger partial charge in [0.25, 0.3) is 0 Å². The van der Waals surface area contributed by atoms with E-state index in [4.69, 9.17) is 9.47 Å². The third kappa shape index (κ3) is 3.60. The van der Waals surface area contributed by atoms with Crippen LogP contribution in [0.5, 0.6) is 11.5 Å². The number of H-pyrrole nitrogens is 1. The van der Waals surface area contributed by atoms with Crippen molar-refractivity contribution in [1.29, 1.82) is 0 Å². The van der Waals surface area contributed by atoms with E-state index in [1.165, 1.54) is 0 Å². The maximum Gasteiger partial charge on any atom is 0.165 e. The van der Waals surface area contributed by atoms with Crippen molar-refractivity contribution in [2.45, 2.75) is 6.10 Å². The third-order valence-electron chi connectivity index (χ3n) is 3.31. The molecule has 4 nitrogen and oxygen atoms in total. The SMILES string of the molecule is OC(COc1cc(F)ccc1F)COc1cccc2[nH]ccc12. The van der Waals surface area contributed by atoms with Gasteiger partial charge in [0, 0.05) is 23.2 Å². The number of halogens is 2. The summed E-state index contributed by atoms with van der Waals surface area (Å²) in [6.07, 6.45) is 0.816. The molecule has 0 aliphatic carbocycles. The van der Waals surface area contributed by atoms with Crippen molar-refractivity contribution >= 4 is 10.9 Å². The largest absolute Gasteiger partial charge is 0.490 e. The van der Waals surface area contributed by atoms with E-state index >= 15 is 0 Å². The lowest BCUT2D eigenvalue weighted by molar-refractivity contribution is 0.0616. The maximum absolute atomic E-state index is 13.4. The summed E-state index contributed by atoms with van der Waals surface area (Å²) in [4.78, 5) is 3.06. The summed E-state index contributed by atoms with van der Waals surface area (Å²) >= 11 is 0. The fourth-order valence-corrected chi connectivity index (χ4v) is 2.19. The van der Waals surface area contributed by atoms with E-state index in [2.05, 4.69) is 4.98 Å². The predicted molar refractivity (Wildman–Crippen MR) is 81.7 cm³/mol. The monoisotopic (exact) mass is 319 g/mol. The Labute approximate surface area is 131 Å². The number of aliphatic hydroxyl groups excluding tert-OH is 1. The summed E-state index contributed by atoms with van der Waals surface area (Å²) in [5, 5.41) is 10.8. The van der Waals surface area contributed by atoms with Gasteiger partial charge in [0.1, 0.15) is 30.9 Å². The van der Waals surface area contributed by atoms with Gasteiger partial charge in [-0.3, -0.25) is 0 Å². The Morgan fingerprint density at radius 3 is 2.61 bits per heavy atom. The number of rotatable bonds is 6. The first-order valence-corrected chi connectivity index (χ1v) is 7.08. The summed E-state index contributed by atoms with van der Waals surface area (Å²) in [6, 6.07) is 10.3. The van der Waals surface area contributed by atoms with Crippen molar-refractivity contribution in [2.75, 3.05) is 13.2 Å². The van der Waals surface area contributed by atoms with Crippen LogP contribution in [-0.2, 0) is 0 Å². The highest BCUT2D eigenvalue weighted by Crippen LogP contribution is 2.24. The molecule has 3 rings (SSSR count). The standard InChI is InChI=1S/C17H15F2NO3/c18-11-4-5-14(19)17(8-11)23-10-12(21)9-22-16-3-1-2-15-13(16)6-7-20-15/h1-8,12,20-21H,9-10H2. The van der Waals surface area contributed by atoms with E-state index < -0.39 is 17.7 Å². The topological polar surface area (TPSA) is 54.5 Å². The first kappa shape index (κ1) is 15.3. The average molecular weight is 319 g/mol. The van der Waals surface area contributed by atoms with Crippen LogP contribution in [0.2, 0.25) is 0 Å².